The van der Waals surface area contributed by atoms with Gasteiger partial charge in [0.25, 0.3) is 0 Å². The van der Waals surface area contributed by atoms with Crippen LogP contribution in [0.3, 0.4) is 0 Å². The maximum atomic E-state index is 12.5. The Labute approximate surface area is 142 Å². The number of nitrogens with one attached hydrogen (secondary N) is 1. The highest BCUT2D eigenvalue weighted by Gasteiger charge is 2.48. The largest absolute Gasteiger partial charge is 0.497 e. The van der Waals surface area contributed by atoms with E-state index < -0.39 is 0 Å². The molecule has 1 aliphatic heterocycles. The average Bonchev–Trinajstić information content (AvgIpc) is 3.29. The molecule has 2 amide bonds. The fraction of sp³-hybridized carbons (Fsp3) is 0.579. The highest BCUT2D eigenvalue weighted by molar-refractivity contribution is 5.84. The Kier molecular flexibility index (Phi) is 3.94. The summed E-state index contributed by atoms with van der Waals surface area (Å²) < 4.78 is 5.17. The second kappa shape index (κ2) is 6.11. The van der Waals surface area contributed by atoms with Crippen LogP contribution in [0.15, 0.2) is 24.3 Å². The van der Waals surface area contributed by atoms with Crippen molar-refractivity contribution in [3.63, 3.8) is 0 Å². The van der Waals surface area contributed by atoms with Gasteiger partial charge in [-0.05, 0) is 42.9 Å². The van der Waals surface area contributed by atoms with Crippen molar-refractivity contribution >= 4 is 11.8 Å². The van der Waals surface area contributed by atoms with Gasteiger partial charge in [0.2, 0.25) is 11.8 Å². The van der Waals surface area contributed by atoms with Crippen LogP contribution < -0.4 is 10.1 Å². The van der Waals surface area contributed by atoms with E-state index in [9.17, 15) is 9.59 Å². The van der Waals surface area contributed by atoms with Gasteiger partial charge in [0, 0.05) is 24.9 Å². The standard InChI is InChI=1S/C19H24N2O3/c1-24-15-7-5-12(6-8-15)16-9-17(16)19(23)21-10-14(11-21)20-18(22)13-3-2-4-13/h5-8,13-14,16-17H,2-4,9-11H2,1H3,(H,20,22)/t16-,17+/m1/s1. The lowest BCUT2D eigenvalue weighted by molar-refractivity contribution is -0.140. The molecule has 5 heteroatoms. The maximum Gasteiger partial charge on any atom is 0.226 e. The Bertz CT molecular complexity index is 633. The molecule has 1 aromatic carbocycles. The van der Waals surface area contributed by atoms with Crippen molar-refractivity contribution in [1.29, 1.82) is 0 Å². The van der Waals surface area contributed by atoms with Crippen molar-refractivity contribution in [3.8, 4) is 5.75 Å². The molecule has 0 radical (unpaired) electrons. The molecule has 0 unspecified atom stereocenters. The molecule has 2 saturated carbocycles. The topological polar surface area (TPSA) is 58.6 Å². The quantitative estimate of drug-likeness (QED) is 0.898. The molecule has 0 bridgehead atoms. The van der Waals surface area contributed by atoms with Gasteiger partial charge in [-0.25, -0.2) is 0 Å². The van der Waals surface area contributed by atoms with E-state index in [4.69, 9.17) is 4.74 Å². The summed E-state index contributed by atoms with van der Waals surface area (Å²) in [6, 6.07) is 8.15. The van der Waals surface area contributed by atoms with Crippen molar-refractivity contribution < 1.29 is 14.3 Å². The molecule has 1 saturated heterocycles. The van der Waals surface area contributed by atoms with Crippen molar-refractivity contribution in [2.24, 2.45) is 11.8 Å². The number of methoxy groups -OCH3 is 1. The lowest BCUT2D eigenvalue weighted by atomic mass is 9.84. The molecule has 3 aliphatic rings. The van der Waals surface area contributed by atoms with Crippen LogP contribution in [0.25, 0.3) is 0 Å². The van der Waals surface area contributed by atoms with Crippen LogP contribution >= 0.6 is 0 Å². The van der Waals surface area contributed by atoms with E-state index in [0.29, 0.717) is 19.0 Å². The molecule has 24 heavy (non-hydrogen) atoms. The van der Waals surface area contributed by atoms with Crippen LogP contribution in [0.4, 0.5) is 0 Å². The first-order chi connectivity index (χ1) is 11.7. The van der Waals surface area contributed by atoms with E-state index in [1.807, 2.05) is 17.0 Å². The molecule has 2 atom stereocenters. The minimum Gasteiger partial charge on any atom is -0.497 e. The van der Waals surface area contributed by atoms with Crippen LogP contribution in [0.1, 0.15) is 37.2 Å². The number of benzene rings is 1. The summed E-state index contributed by atoms with van der Waals surface area (Å²) in [6.07, 6.45) is 4.14. The summed E-state index contributed by atoms with van der Waals surface area (Å²) in [5, 5.41) is 3.07. The molecule has 2 aliphatic carbocycles. The van der Waals surface area contributed by atoms with E-state index in [-0.39, 0.29) is 29.7 Å². The Hall–Kier alpha value is -2.04. The third-order valence-corrected chi connectivity index (χ3v) is 5.67. The average molecular weight is 328 g/mol. The van der Waals surface area contributed by atoms with Gasteiger partial charge in [0.05, 0.1) is 13.2 Å². The van der Waals surface area contributed by atoms with Crippen LogP contribution in [-0.4, -0.2) is 43.0 Å². The second-order valence-corrected chi connectivity index (χ2v) is 7.30. The van der Waals surface area contributed by atoms with Crippen LogP contribution in [0.2, 0.25) is 0 Å². The molecule has 4 rings (SSSR count). The van der Waals surface area contributed by atoms with Gasteiger partial charge in [-0.1, -0.05) is 18.6 Å². The SMILES string of the molecule is COc1ccc([C@H]2C[C@@H]2C(=O)N2CC(NC(=O)C3CCC3)C2)cc1. The molecular formula is C19H24N2O3. The number of hydrogen-bond donors (Lipinski definition) is 1. The first-order valence-electron chi connectivity index (χ1n) is 8.89. The van der Waals surface area contributed by atoms with E-state index in [2.05, 4.69) is 17.4 Å². The fourth-order valence-electron chi connectivity index (χ4n) is 3.66. The summed E-state index contributed by atoms with van der Waals surface area (Å²) in [7, 11) is 1.66. The zero-order chi connectivity index (χ0) is 16.7. The monoisotopic (exact) mass is 328 g/mol. The van der Waals surface area contributed by atoms with E-state index >= 15 is 0 Å². The van der Waals surface area contributed by atoms with Crippen LogP contribution in [0, 0.1) is 11.8 Å². The molecule has 1 aromatic rings. The van der Waals surface area contributed by atoms with Crippen molar-refractivity contribution in [1.82, 2.24) is 10.2 Å². The van der Waals surface area contributed by atoms with Crippen LogP contribution in [0.5, 0.6) is 5.75 Å². The Morgan fingerprint density at radius 2 is 1.88 bits per heavy atom. The predicted molar refractivity (Wildman–Crippen MR) is 89.7 cm³/mol. The summed E-state index contributed by atoms with van der Waals surface area (Å²) in [5.74, 6) is 1.94. The van der Waals surface area contributed by atoms with Gasteiger partial charge in [-0.3, -0.25) is 9.59 Å². The molecule has 5 nitrogen and oxygen atoms in total. The van der Waals surface area contributed by atoms with Crippen molar-refractivity contribution in [3.05, 3.63) is 29.8 Å². The Balaban J connectivity index is 1.24. The van der Waals surface area contributed by atoms with Gasteiger partial charge < -0.3 is 15.0 Å². The van der Waals surface area contributed by atoms with E-state index in [0.717, 1.165) is 25.0 Å². The third kappa shape index (κ3) is 2.87. The van der Waals surface area contributed by atoms with Gasteiger partial charge in [0.1, 0.15) is 5.75 Å². The lowest BCUT2D eigenvalue weighted by Crippen LogP contribution is -2.62. The minimum atomic E-state index is 0.113. The highest BCUT2D eigenvalue weighted by Crippen LogP contribution is 2.49. The summed E-state index contributed by atoms with van der Waals surface area (Å²) in [4.78, 5) is 26.3. The summed E-state index contributed by atoms with van der Waals surface area (Å²) >= 11 is 0. The number of likely N-dealkylation sites (tertiary alicyclic amines) is 1. The number of nitrogens with zero attached hydrogens (tertiary/aromatic N) is 1. The normalized spacial score (nSPS) is 26.3. The van der Waals surface area contributed by atoms with Crippen molar-refractivity contribution in [2.75, 3.05) is 20.2 Å². The van der Waals surface area contributed by atoms with Gasteiger partial charge >= 0.3 is 0 Å². The van der Waals surface area contributed by atoms with Crippen LogP contribution in [-0.2, 0) is 9.59 Å². The first-order valence-corrected chi connectivity index (χ1v) is 8.89. The maximum absolute atomic E-state index is 12.5. The fourth-order valence-corrected chi connectivity index (χ4v) is 3.66. The highest BCUT2D eigenvalue weighted by atomic mass is 16.5. The zero-order valence-corrected chi connectivity index (χ0v) is 14.0. The van der Waals surface area contributed by atoms with E-state index in [1.165, 1.54) is 12.0 Å². The Morgan fingerprint density at radius 1 is 1.17 bits per heavy atom. The number of carbonyl (C=O) groups excluding carboxylic acids is 2. The van der Waals surface area contributed by atoms with Gasteiger partial charge in [-0.2, -0.15) is 0 Å². The van der Waals surface area contributed by atoms with Gasteiger partial charge in [-0.15, -0.1) is 0 Å². The minimum absolute atomic E-state index is 0.113. The van der Waals surface area contributed by atoms with Gasteiger partial charge in [0.15, 0.2) is 0 Å². The number of amides is 2. The Morgan fingerprint density at radius 3 is 2.46 bits per heavy atom. The molecule has 0 spiro atoms. The van der Waals surface area contributed by atoms with Crippen molar-refractivity contribution in [2.45, 2.75) is 37.6 Å². The molecule has 128 valence electrons. The first kappa shape index (κ1) is 15.5. The lowest BCUT2D eigenvalue weighted by Gasteiger charge is -2.41. The third-order valence-electron chi connectivity index (χ3n) is 5.67. The smallest absolute Gasteiger partial charge is 0.226 e. The second-order valence-electron chi connectivity index (χ2n) is 7.30. The molecule has 1 heterocycles. The summed E-state index contributed by atoms with van der Waals surface area (Å²) in [6.45, 7) is 1.34. The number of carbonyl (C=O) groups is 2. The number of hydrogen-bond acceptors (Lipinski definition) is 3. The number of ether oxygens (including phenoxy) is 1. The molecule has 3 fully saturated rings. The molecule has 1 N–H and O–H groups in total. The van der Waals surface area contributed by atoms with E-state index in [1.54, 1.807) is 7.11 Å². The predicted octanol–water partition coefficient (Wildman–Crippen LogP) is 1.93. The number of rotatable bonds is 5. The molecule has 0 aromatic heterocycles. The summed E-state index contributed by atoms with van der Waals surface area (Å²) in [5.41, 5.74) is 1.21. The molecular weight excluding hydrogens is 304 g/mol. The zero-order valence-electron chi connectivity index (χ0n) is 14.0.